The predicted octanol–water partition coefficient (Wildman–Crippen LogP) is 4.04. The Labute approximate surface area is 142 Å². The minimum atomic E-state index is 0.453. The van der Waals surface area contributed by atoms with E-state index < -0.39 is 0 Å². The van der Waals surface area contributed by atoms with Gasteiger partial charge in [-0.1, -0.05) is 17.7 Å². The molecule has 1 unspecified atom stereocenters. The van der Waals surface area contributed by atoms with Crippen LogP contribution in [0.2, 0.25) is 5.15 Å². The number of piperidine rings is 1. The van der Waals surface area contributed by atoms with E-state index in [0.717, 1.165) is 42.5 Å². The number of anilines is 1. The Kier molecular flexibility index (Phi) is 4.83. The first kappa shape index (κ1) is 16.2. The number of hydrogen-bond acceptors (Lipinski definition) is 4. The number of aryl methyl sites for hydroxylation is 1. The zero-order chi connectivity index (χ0) is 16.4. The zero-order valence-electron chi connectivity index (χ0n) is 13.7. The fraction of sp³-hybridized carbons (Fsp3) is 0.444. The second kappa shape index (κ2) is 6.85. The molecule has 1 fully saturated rings. The van der Waals surface area contributed by atoms with Gasteiger partial charge in [0.15, 0.2) is 0 Å². The third-order valence-corrected chi connectivity index (χ3v) is 5.04. The molecular formula is C18H23ClN4. The number of halogens is 1. The highest BCUT2D eigenvalue weighted by molar-refractivity contribution is 6.34. The standard InChI is InChI=1S/C18H23ClN4/c1-4-13(3)23-7-5-14(6-8-23)22-16-10-15-17(9-12(16)2)20-11-21-18(15)19/h4,9-11,13-14,22H,1,5-8H2,2-3H3. The summed E-state index contributed by atoms with van der Waals surface area (Å²) in [6, 6.07) is 5.09. The molecule has 0 amide bonds. The van der Waals surface area contributed by atoms with Crippen LogP contribution in [0.1, 0.15) is 25.3 Å². The molecule has 1 aliphatic heterocycles. The number of nitrogens with one attached hydrogen (secondary N) is 1. The van der Waals surface area contributed by atoms with Gasteiger partial charge in [0.05, 0.1) is 5.52 Å². The molecule has 0 bridgehead atoms. The van der Waals surface area contributed by atoms with Crippen LogP contribution >= 0.6 is 11.6 Å². The van der Waals surface area contributed by atoms with Crippen molar-refractivity contribution in [1.82, 2.24) is 14.9 Å². The van der Waals surface area contributed by atoms with Crippen LogP contribution in [0.3, 0.4) is 0 Å². The molecule has 1 N–H and O–H groups in total. The number of nitrogens with zero attached hydrogens (tertiary/aromatic N) is 3. The molecule has 2 aromatic rings. The monoisotopic (exact) mass is 330 g/mol. The third kappa shape index (κ3) is 3.48. The Hall–Kier alpha value is -1.65. The second-order valence-corrected chi connectivity index (χ2v) is 6.64. The van der Waals surface area contributed by atoms with Gasteiger partial charge in [0.2, 0.25) is 0 Å². The number of benzene rings is 1. The van der Waals surface area contributed by atoms with E-state index in [2.05, 4.69) is 52.7 Å². The molecule has 3 rings (SSSR count). The fourth-order valence-electron chi connectivity index (χ4n) is 3.15. The maximum Gasteiger partial charge on any atom is 0.140 e. The summed E-state index contributed by atoms with van der Waals surface area (Å²) in [5.41, 5.74) is 3.21. The Balaban J connectivity index is 1.74. The van der Waals surface area contributed by atoms with Crippen LogP contribution < -0.4 is 5.32 Å². The lowest BCUT2D eigenvalue weighted by atomic mass is 10.0. The molecule has 0 spiro atoms. The molecule has 1 aromatic heterocycles. The van der Waals surface area contributed by atoms with E-state index in [1.165, 1.54) is 11.9 Å². The van der Waals surface area contributed by atoms with Crippen LogP contribution in [-0.2, 0) is 0 Å². The molecule has 2 heterocycles. The van der Waals surface area contributed by atoms with Crippen LogP contribution in [0.15, 0.2) is 31.1 Å². The highest BCUT2D eigenvalue weighted by Crippen LogP contribution is 2.28. The summed E-state index contributed by atoms with van der Waals surface area (Å²) in [5, 5.41) is 5.09. The average molecular weight is 331 g/mol. The van der Waals surface area contributed by atoms with E-state index in [1.54, 1.807) is 0 Å². The summed E-state index contributed by atoms with van der Waals surface area (Å²) in [4.78, 5) is 10.8. The lowest BCUT2D eigenvalue weighted by Crippen LogP contribution is -2.42. The van der Waals surface area contributed by atoms with Crippen molar-refractivity contribution in [3.8, 4) is 0 Å². The van der Waals surface area contributed by atoms with Gasteiger partial charge in [-0.2, -0.15) is 0 Å². The Bertz CT molecular complexity index is 707. The van der Waals surface area contributed by atoms with Gasteiger partial charge >= 0.3 is 0 Å². The first-order valence-electron chi connectivity index (χ1n) is 8.12. The predicted molar refractivity (Wildman–Crippen MR) is 97.2 cm³/mol. The lowest BCUT2D eigenvalue weighted by molar-refractivity contribution is 0.193. The fourth-order valence-corrected chi connectivity index (χ4v) is 3.35. The van der Waals surface area contributed by atoms with Gasteiger partial charge in [0.1, 0.15) is 11.5 Å². The van der Waals surface area contributed by atoms with Gasteiger partial charge in [0.25, 0.3) is 0 Å². The van der Waals surface area contributed by atoms with Crippen LogP contribution in [0, 0.1) is 6.92 Å². The summed E-state index contributed by atoms with van der Waals surface area (Å²) >= 11 is 6.20. The van der Waals surface area contributed by atoms with Gasteiger partial charge < -0.3 is 5.32 Å². The maximum absolute atomic E-state index is 6.20. The highest BCUT2D eigenvalue weighted by Gasteiger charge is 2.21. The van der Waals surface area contributed by atoms with Crippen molar-refractivity contribution >= 4 is 28.2 Å². The molecular weight excluding hydrogens is 308 g/mol. The van der Waals surface area contributed by atoms with E-state index in [9.17, 15) is 0 Å². The summed E-state index contributed by atoms with van der Waals surface area (Å²) in [6.45, 7) is 10.4. The van der Waals surface area contributed by atoms with Gasteiger partial charge in [-0.05, 0) is 44.4 Å². The molecule has 0 saturated carbocycles. The molecule has 5 heteroatoms. The summed E-state index contributed by atoms with van der Waals surface area (Å²) in [6.07, 6.45) is 5.79. The number of hydrogen-bond donors (Lipinski definition) is 1. The topological polar surface area (TPSA) is 41.0 Å². The Morgan fingerprint density at radius 3 is 2.78 bits per heavy atom. The number of likely N-dealkylation sites (tertiary alicyclic amines) is 1. The normalized spacial score (nSPS) is 18.0. The van der Waals surface area contributed by atoms with Crippen molar-refractivity contribution in [2.24, 2.45) is 0 Å². The van der Waals surface area contributed by atoms with Gasteiger partial charge in [-0.15, -0.1) is 6.58 Å². The smallest absolute Gasteiger partial charge is 0.140 e. The molecule has 1 atom stereocenters. The van der Waals surface area contributed by atoms with Crippen molar-refractivity contribution in [2.45, 2.75) is 38.8 Å². The first-order chi connectivity index (χ1) is 11.1. The molecule has 1 aromatic carbocycles. The highest BCUT2D eigenvalue weighted by atomic mass is 35.5. The number of aromatic nitrogens is 2. The third-order valence-electron chi connectivity index (χ3n) is 4.74. The Morgan fingerprint density at radius 2 is 2.09 bits per heavy atom. The summed E-state index contributed by atoms with van der Waals surface area (Å²) < 4.78 is 0. The molecule has 122 valence electrons. The number of fused-ring (bicyclic) bond motifs is 1. The van der Waals surface area contributed by atoms with E-state index >= 15 is 0 Å². The SMILES string of the molecule is C=CC(C)N1CCC(Nc2cc3c(Cl)ncnc3cc2C)CC1. The van der Waals surface area contributed by atoms with E-state index in [1.807, 2.05) is 6.08 Å². The van der Waals surface area contributed by atoms with Gasteiger partial charge in [-0.25, -0.2) is 9.97 Å². The Morgan fingerprint density at radius 1 is 1.35 bits per heavy atom. The molecule has 0 aliphatic carbocycles. The van der Waals surface area contributed by atoms with Crippen LogP contribution in [-0.4, -0.2) is 40.0 Å². The van der Waals surface area contributed by atoms with Crippen LogP contribution in [0.4, 0.5) is 5.69 Å². The quantitative estimate of drug-likeness (QED) is 0.678. The first-order valence-corrected chi connectivity index (χ1v) is 8.50. The average Bonchev–Trinajstić information content (AvgIpc) is 2.56. The van der Waals surface area contributed by atoms with Crippen LogP contribution in [0.5, 0.6) is 0 Å². The largest absolute Gasteiger partial charge is 0.382 e. The molecule has 0 radical (unpaired) electrons. The minimum absolute atomic E-state index is 0.453. The van der Waals surface area contributed by atoms with Crippen molar-refractivity contribution in [2.75, 3.05) is 18.4 Å². The molecule has 4 nitrogen and oxygen atoms in total. The van der Waals surface area contributed by atoms with Crippen molar-refractivity contribution < 1.29 is 0 Å². The lowest BCUT2D eigenvalue weighted by Gasteiger charge is -2.35. The van der Waals surface area contributed by atoms with E-state index in [4.69, 9.17) is 11.6 Å². The molecule has 1 aliphatic rings. The van der Waals surface area contributed by atoms with Crippen molar-refractivity contribution in [1.29, 1.82) is 0 Å². The maximum atomic E-state index is 6.20. The van der Waals surface area contributed by atoms with Gasteiger partial charge in [-0.3, -0.25) is 4.90 Å². The second-order valence-electron chi connectivity index (χ2n) is 6.28. The summed E-state index contributed by atoms with van der Waals surface area (Å²) in [5.74, 6) is 0. The molecule has 23 heavy (non-hydrogen) atoms. The zero-order valence-corrected chi connectivity index (χ0v) is 14.5. The molecule has 1 saturated heterocycles. The van der Waals surface area contributed by atoms with Crippen LogP contribution in [0.25, 0.3) is 10.9 Å². The van der Waals surface area contributed by atoms with Crippen molar-refractivity contribution in [3.63, 3.8) is 0 Å². The summed E-state index contributed by atoms with van der Waals surface area (Å²) in [7, 11) is 0. The minimum Gasteiger partial charge on any atom is -0.382 e. The van der Waals surface area contributed by atoms with E-state index in [-0.39, 0.29) is 0 Å². The van der Waals surface area contributed by atoms with Gasteiger partial charge in [0, 0.05) is 36.2 Å². The number of rotatable bonds is 4. The van der Waals surface area contributed by atoms with Crippen molar-refractivity contribution in [3.05, 3.63) is 41.8 Å². The van der Waals surface area contributed by atoms with E-state index in [0.29, 0.717) is 17.2 Å².